The lowest BCUT2D eigenvalue weighted by molar-refractivity contribution is -0.121. The van der Waals surface area contributed by atoms with Crippen LogP contribution < -0.4 is 5.32 Å². The van der Waals surface area contributed by atoms with Crippen LogP contribution in [-0.4, -0.2) is 17.7 Å². The molecule has 1 aromatic heterocycles. The fourth-order valence-corrected chi connectivity index (χ4v) is 3.03. The highest BCUT2D eigenvalue weighted by Crippen LogP contribution is 2.18. The van der Waals surface area contributed by atoms with Crippen molar-refractivity contribution < 1.29 is 9.59 Å². The fraction of sp³-hybridized carbons (Fsp3) is 0.571. The van der Waals surface area contributed by atoms with Crippen molar-refractivity contribution in [3.63, 3.8) is 0 Å². The standard InChI is InChI=1S/C14H19NO2S/c16-12(13-7-4-10-18-13)8-9-14(17)15-11-5-2-1-3-6-11/h4,7,10-11H,1-3,5-6,8-9H2,(H,15,17). The molecule has 0 unspecified atom stereocenters. The Morgan fingerprint density at radius 1 is 1.22 bits per heavy atom. The van der Waals surface area contributed by atoms with Crippen LogP contribution in [0.25, 0.3) is 0 Å². The van der Waals surface area contributed by atoms with Crippen molar-refractivity contribution in [2.75, 3.05) is 0 Å². The van der Waals surface area contributed by atoms with Gasteiger partial charge in [-0.25, -0.2) is 0 Å². The zero-order valence-electron chi connectivity index (χ0n) is 10.5. The van der Waals surface area contributed by atoms with Crippen LogP contribution in [0.2, 0.25) is 0 Å². The summed E-state index contributed by atoms with van der Waals surface area (Å²) in [6.07, 6.45) is 6.50. The third-order valence-electron chi connectivity index (χ3n) is 3.35. The average molecular weight is 265 g/mol. The Kier molecular flexibility index (Phi) is 4.93. The molecule has 0 bridgehead atoms. The molecular weight excluding hydrogens is 246 g/mol. The van der Waals surface area contributed by atoms with Crippen molar-refractivity contribution in [2.24, 2.45) is 0 Å². The topological polar surface area (TPSA) is 46.2 Å². The third-order valence-corrected chi connectivity index (χ3v) is 4.26. The van der Waals surface area contributed by atoms with E-state index in [1.165, 1.54) is 30.6 Å². The monoisotopic (exact) mass is 265 g/mol. The molecule has 1 aliphatic rings. The molecule has 98 valence electrons. The fourth-order valence-electron chi connectivity index (χ4n) is 2.33. The normalized spacial score (nSPS) is 16.4. The van der Waals surface area contributed by atoms with Crippen LogP contribution in [0.3, 0.4) is 0 Å². The number of hydrogen-bond donors (Lipinski definition) is 1. The molecule has 0 spiro atoms. The summed E-state index contributed by atoms with van der Waals surface area (Å²) >= 11 is 1.44. The van der Waals surface area contributed by atoms with E-state index in [2.05, 4.69) is 5.32 Å². The quantitative estimate of drug-likeness (QED) is 0.831. The van der Waals surface area contributed by atoms with E-state index in [1.807, 2.05) is 17.5 Å². The Morgan fingerprint density at radius 3 is 2.67 bits per heavy atom. The molecule has 0 aromatic carbocycles. The number of carbonyl (C=O) groups is 2. The first kappa shape index (κ1) is 13.3. The molecule has 1 saturated carbocycles. The van der Waals surface area contributed by atoms with Crippen molar-refractivity contribution in [3.8, 4) is 0 Å². The predicted molar refractivity (Wildman–Crippen MR) is 72.9 cm³/mol. The van der Waals surface area contributed by atoms with Crippen LogP contribution in [0.15, 0.2) is 17.5 Å². The Morgan fingerprint density at radius 2 is 2.00 bits per heavy atom. The Labute approximate surface area is 112 Å². The molecule has 0 radical (unpaired) electrons. The van der Waals surface area contributed by atoms with Crippen LogP contribution in [-0.2, 0) is 4.79 Å². The first-order valence-corrected chi connectivity index (χ1v) is 7.50. The molecular formula is C14H19NO2S. The molecule has 2 rings (SSSR count). The van der Waals surface area contributed by atoms with Crippen molar-refractivity contribution >= 4 is 23.0 Å². The summed E-state index contributed by atoms with van der Waals surface area (Å²) in [5.74, 6) is 0.0931. The second-order valence-corrected chi connectivity index (χ2v) is 5.75. The lowest BCUT2D eigenvalue weighted by Crippen LogP contribution is -2.36. The van der Waals surface area contributed by atoms with E-state index in [-0.39, 0.29) is 11.7 Å². The van der Waals surface area contributed by atoms with Gasteiger partial charge in [0.1, 0.15) is 0 Å². The zero-order valence-corrected chi connectivity index (χ0v) is 11.3. The van der Waals surface area contributed by atoms with Gasteiger partial charge in [-0.15, -0.1) is 11.3 Å². The smallest absolute Gasteiger partial charge is 0.220 e. The molecule has 1 aliphatic carbocycles. The number of hydrogen-bond acceptors (Lipinski definition) is 3. The lowest BCUT2D eigenvalue weighted by Gasteiger charge is -2.22. The first-order chi connectivity index (χ1) is 8.75. The van der Waals surface area contributed by atoms with Gasteiger partial charge in [0.25, 0.3) is 0 Å². The molecule has 1 N–H and O–H groups in total. The summed E-state index contributed by atoms with van der Waals surface area (Å²) in [5.41, 5.74) is 0. The number of ketones is 1. The van der Waals surface area contributed by atoms with Gasteiger partial charge in [-0.3, -0.25) is 9.59 Å². The van der Waals surface area contributed by atoms with Crippen molar-refractivity contribution in [1.29, 1.82) is 0 Å². The van der Waals surface area contributed by atoms with E-state index in [4.69, 9.17) is 0 Å². The zero-order chi connectivity index (χ0) is 12.8. The van der Waals surface area contributed by atoms with E-state index >= 15 is 0 Å². The van der Waals surface area contributed by atoms with Gasteiger partial charge in [0.15, 0.2) is 5.78 Å². The van der Waals surface area contributed by atoms with Gasteiger partial charge >= 0.3 is 0 Å². The van der Waals surface area contributed by atoms with E-state index in [0.29, 0.717) is 18.9 Å². The maximum Gasteiger partial charge on any atom is 0.220 e. The molecule has 0 atom stereocenters. The number of carbonyl (C=O) groups excluding carboxylic acids is 2. The lowest BCUT2D eigenvalue weighted by atomic mass is 9.95. The Bertz CT molecular complexity index is 394. The largest absolute Gasteiger partial charge is 0.353 e. The first-order valence-electron chi connectivity index (χ1n) is 6.62. The summed E-state index contributed by atoms with van der Waals surface area (Å²) in [6.45, 7) is 0. The number of nitrogens with one attached hydrogen (secondary N) is 1. The van der Waals surface area contributed by atoms with Gasteiger partial charge < -0.3 is 5.32 Å². The number of Topliss-reactive ketones (excluding diaryl/α,β-unsaturated/α-hetero) is 1. The van der Waals surface area contributed by atoms with Gasteiger partial charge in [0.05, 0.1) is 4.88 Å². The van der Waals surface area contributed by atoms with Crippen LogP contribution >= 0.6 is 11.3 Å². The second kappa shape index (κ2) is 6.69. The summed E-state index contributed by atoms with van der Waals surface area (Å²) < 4.78 is 0. The van der Waals surface area contributed by atoms with Crippen LogP contribution in [0.4, 0.5) is 0 Å². The van der Waals surface area contributed by atoms with E-state index in [1.54, 1.807) is 0 Å². The summed E-state index contributed by atoms with van der Waals surface area (Å²) in [4.78, 5) is 24.2. The van der Waals surface area contributed by atoms with Crippen molar-refractivity contribution in [1.82, 2.24) is 5.32 Å². The number of amides is 1. The molecule has 4 heteroatoms. The number of rotatable bonds is 5. The van der Waals surface area contributed by atoms with Crippen molar-refractivity contribution in [3.05, 3.63) is 22.4 Å². The maximum atomic E-state index is 11.7. The van der Waals surface area contributed by atoms with E-state index < -0.39 is 0 Å². The average Bonchev–Trinajstić information content (AvgIpc) is 2.91. The van der Waals surface area contributed by atoms with Crippen LogP contribution in [0.5, 0.6) is 0 Å². The van der Waals surface area contributed by atoms with Gasteiger partial charge in [-0.05, 0) is 24.3 Å². The molecule has 3 nitrogen and oxygen atoms in total. The highest BCUT2D eigenvalue weighted by Gasteiger charge is 2.16. The second-order valence-electron chi connectivity index (χ2n) is 4.80. The molecule has 1 aromatic rings. The highest BCUT2D eigenvalue weighted by atomic mass is 32.1. The highest BCUT2D eigenvalue weighted by molar-refractivity contribution is 7.12. The summed E-state index contributed by atoms with van der Waals surface area (Å²) in [5, 5.41) is 4.92. The minimum Gasteiger partial charge on any atom is -0.353 e. The molecule has 18 heavy (non-hydrogen) atoms. The van der Waals surface area contributed by atoms with Gasteiger partial charge in [0.2, 0.25) is 5.91 Å². The molecule has 1 heterocycles. The van der Waals surface area contributed by atoms with Gasteiger partial charge in [-0.1, -0.05) is 25.3 Å². The minimum atomic E-state index is 0.0202. The van der Waals surface area contributed by atoms with E-state index in [9.17, 15) is 9.59 Å². The van der Waals surface area contributed by atoms with E-state index in [0.717, 1.165) is 17.7 Å². The van der Waals surface area contributed by atoms with Crippen LogP contribution in [0, 0.1) is 0 Å². The molecule has 1 amide bonds. The summed E-state index contributed by atoms with van der Waals surface area (Å²) in [7, 11) is 0. The SMILES string of the molecule is O=C(CCC(=O)c1cccs1)NC1CCCCC1. The third kappa shape index (κ3) is 3.95. The molecule has 0 saturated heterocycles. The minimum absolute atomic E-state index is 0.0202. The molecule has 1 fully saturated rings. The molecule has 0 aliphatic heterocycles. The van der Waals surface area contributed by atoms with Gasteiger partial charge in [0, 0.05) is 18.9 Å². The Balaban J connectivity index is 1.69. The van der Waals surface area contributed by atoms with Gasteiger partial charge in [-0.2, -0.15) is 0 Å². The summed E-state index contributed by atoms with van der Waals surface area (Å²) in [6, 6.07) is 4.01. The number of thiophene rings is 1. The maximum absolute atomic E-state index is 11.7. The van der Waals surface area contributed by atoms with Crippen LogP contribution in [0.1, 0.15) is 54.6 Å². The Hall–Kier alpha value is -1.16. The van der Waals surface area contributed by atoms with Crippen molar-refractivity contribution in [2.45, 2.75) is 51.0 Å². The predicted octanol–water partition coefficient (Wildman–Crippen LogP) is 3.16.